The number of aromatic nitrogens is 3. The van der Waals surface area contributed by atoms with Crippen LogP contribution in [0.1, 0.15) is 46.0 Å². The summed E-state index contributed by atoms with van der Waals surface area (Å²) < 4.78 is 5.20. The Morgan fingerprint density at radius 3 is 2.66 bits per heavy atom. The maximum atomic E-state index is 12.4. The maximum Gasteiger partial charge on any atom is 0.224 e. The number of fused-ring (bicyclic) bond motifs is 1. The first kappa shape index (κ1) is 20.6. The van der Waals surface area contributed by atoms with Crippen molar-refractivity contribution in [3.05, 3.63) is 36.4 Å². The Balaban J connectivity index is 1.72. The minimum absolute atomic E-state index is 0.00639. The van der Waals surface area contributed by atoms with Gasteiger partial charge in [0.15, 0.2) is 0 Å². The van der Waals surface area contributed by atoms with Gasteiger partial charge in [-0.3, -0.25) is 4.79 Å². The fourth-order valence-electron chi connectivity index (χ4n) is 3.32. The standard InChI is InChI=1S/C22H28N4O3/c1-4-6-7-15(5-2)12-22(28)23-16-8-11-20(21(27)13-16)26-24-18-10-9-17(29-3)14-19(18)25-26/h8-11,13-15,27H,4-7,12H2,1-3H3,(H,23,28). The number of amides is 1. The lowest BCUT2D eigenvalue weighted by Gasteiger charge is -2.14. The van der Waals surface area contributed by atoms with Gasteiger partial charge >= 0.3 is 0 Å². The second kappa shape index (κ2) is 9.41. The van der Waals surface area contributed by atoms with E-state index in [0.717, 1.165) is 25.7 Å². The van der Waals surface area contributed by atoms with Gasteiger partial charge in [0.25, 0.3) is 0 Å². The third-order valence-electron chi connectivity index (χ3n) is 5.08. The van der Waals surface area contributed by atoms with Crippen LogP contribution in [0.3, 0.4) is 0 Å². The molecule has 0 saturated carbocycles. The molecule has 0 bridgehead atoms. The van der Waals surface area contributed by atoms with Gasteiger partial charge in [0, 0.05) is 24.2 Å². The average Bonchev–Trinajstić information content (AvgIpc) is 3.13. The molecule has 7 heteroatoms. The molecule has 2 aromatic carbocycles. The molecule has 0 aliphatic heterocycles. The molecule has 0 spiro atoms. The number of methoxy groups -OCH3 is 1. The summed E-state index contributed by atoms with van der Waals surface area (Å²) in [5.74, 6) is 1.04. The van der Waals surface area contributed by atoms with Crippen molar-refractivity contribution < 1.29 is 14.6 Å². The molecule has 154 valence electrons. The highest BCUT2D eigenvalue weighted by Crippen LogP contribution is 2.27. The van der Waals surface area contributed by atoms with Gasteiger partial charge in [-0.05, 0) is 36.6 Å². The first-order valence-electron chi connectivity index (χ1n) is 10.1. The molecule has 0 saturated heterocycles. The van der Waals surface area contributed by atoms with Gasteiger partial charge in [-0.1, -0.05) is 33.1 Å². The van der Waals surface area contributed by atoms with Crippen molar-refractivity contribution in [3.8, 4) is 17.2 Å². The van der Waals surface area contributed by atoms with Crippen molar-refractivity contribution in [2.24, 2.45) is 5.92 Å². The fourth-order valence-corrected chi connectivity index (χ4v) is 3.32. The molecule has 1 aromatic heterocycles. The number of benzene rings is 2. The summed E-state index contributed by atoms with van der Waals surface area (Å²) in [6.07, 6.45) is 4.82. The minimum atomic E-state index is -0.0323. The number of nitrogens with zero attached hydrogens (tertiary/aromatic N) is 3. The number of anilines is 1. The number of hydrogen-bond donors (Lipinski definition) is 2. The number of unbranched alkanes of at least 4 members (excludes halogenated alkanes) is 1. The summed E-state index contributed by atoms with van der Waals surface area (Å²) in [6.45, 7) is 4.27. The van der Waals surface area contributed by atoms with E-state index in [0.29, 0.717) is 40.5 Å². The molecule has 1 heterocycles. The van der Waals surface area contributed by atoms with Crippen LogP contribution in [0.5, 0.6) is 11.5 Å². The highest BCUT2D eigenvalue weighted by Gasteiger charge is 2.14. The number of nitrogens with one attached hydrogen (secondary N) is 1. The Kier molecular flexibility index (Phi) is 6.69. The Morgan fingerprint density at radius 2 is 1.97 bits per heavy atom. The van der Waals surface area contributed by atoms with E-state index < -0.39 is 0 Å². The van der Waals surface area contributed by atoms with Crippen molar-refractivity contribution in [2.45, 2.75) is 46.0 Å². The van der Waals surface area contributed by atoms with Crippen LogP contribution in [0.25, 0.3) is 16.7 Å². The monoisotopic (exact) mass is 396 g/mol. The maximum absolute atomic E-state index is 12.4. The van der Waals surface area contributed by atoms with Crippen LogP contribution in [0.15, 0.2) is 36.4 Å². The zero-order valence-electron chi connectivity index (χ0n) is 17.2. The molecule has 3 aromatic rings. The highest BCUT2D eigenvalue weighted by molar-refractivity contribution is 5.91. The first-order chi connectivity index (χ1) is 14.0. The lowest BCUT2D eigenvalue weighted by Crippen LogP contribution is -2.16. The molecule has 0 aliphatic rings. The molecule has 1 unspecified atom stereocenters. The number of hydrogen-bond acceptors (Lipinski definition) is 5. The molecular weight excluding hydrogens is 368 g/mol. The molecule has 7 nitrogen and oxygen atoms in total. The number of phenols is 1. The largest absolute Gasteiger partial charge is 0.506 e. The summed E-state index contributed by atoms with van der Waals surface area (Å²) in [5.41, 5.74) is 2.35. The lowest BCUT2D eigenvalue weighted by atomic mass is 9.95. The van der Waals surface area contributed by atoms with Gasteiger partial charge in [-0.2, -0.15) is 0 Å². The normalized spacial score (nSPS) is 12.1. The zero-order valence-corrected chi connectivity index (χ0v) is 17.2. The number of ether oxygens (including phenoxy) is 1. The Bertz CT molecular complexity index is 983. The molecule has 0 aliphatic carbocycles. The zero-order chi connectivity index (χ0) is 20.8. The number of carbonyl (C=O) groups excluding carboxylic acids is 1. The van der Waals surface area contributed by atoms with Crippen LogP contribution >= 0.6 is 0 Å². The number of phenolic OH excluding ortho intramolecular Hbond substituents is 1. The Hall–Kier alpha value is -3.09. The van der Waals surface area contributed by atoms with E-state index in [1.165, 1.54) is 10.9 Å². The Labute approximate surface area is 170 Å². The van der Waals surface area contributed by atoms with E-state index in [1.54, 1.807) is 25.3 Å². The van der Waals surface area contributed by atoms with E-state index >= 15 is 0 Å². The lowest BCUT2D eigenvalue weighted by molar-refractivity contribution is -0.117. The summed E-state index contributed by atoms with van der Waals surface area (Å²) in [5, 5.41) is 22.1. The smallest absolute Gasteiger partial charge is 0.224 e. The van der Waals surface area contributed by atoms with Crippen LogP contribution in [0.2, 0.25) is 0 Å². The van der Waals surface area contributed by atoms with E-state index in [-0.39, 0.29) is 11.7 Å². The van der Waals surface area contributed by atoms with Crippen LogP contribution in [-0.2, 0) is 4.79 Å². The van der Waals surface area contributed by atoms with Crippen LogP contribution in [-0.4, -0.2) is 33.1 Å². The van der Waals surface area contributed by atoms with Crippen LogP contribution in [0.4, 0.5) is 5.69 Å². The molecule has 29 heavy (non-hydrogen) atoms. The predicted molar refractivity (Wildman–Crippen MR) is 114 cm³/mol. The molecule has 0 radical (unpaired) electrons. The van der Waals surface area contributed by atoms with Crippen molar-refractivity contribution in [1.29, 1.82) is 0 Å². The quantitative estimate of drug-likeness (QED) is 0.548. The summed E-state index contributed by atoms with van der Waals surface area (Å²) in [7, 11) is 1.59. The molecular formula is C22H28N4O3. The summed E-state index contributed by atoms with van der Waals surface area (Å²) in [4.78, 5) is 13.7. The van der Waals surface area contributed by atoms with Gasteiger partial charge in [-0.15, -0.1) is 15.0 Å². The van der Waals surface area contributed by atoms with Crippen molar-refractivity contribution >= 4 is 22.6 Å². The van der Waals surface area contributed by atoms with E-state index in [4.69, 9.17) is 4.74 Å². The van der Waals surface area contributed by atoms with E-state index in [1.807, 2.05) is 12.1 Å². The minimum Gasteiger partial charge on any atom is -0.506 e. The summed E-state index contributed by atoms with van der Waals surface area (Å²) >= 11 is 0. The van der Waals surface area contributed by atoms with Gasteiger partial charge in [-0.25, -0.2) is 0 Å². The first-order valence-corrected chi connectivity index (χ1v) is 10.1. The Morgan fingerprint density at radius 1 is 1.17 bits per heavy atom. The fraction of sp³-hybridized carbons (Fsp3) is 0.409. The third-order valence-corrected chi connectivity index (χ3v) is 5.08. The number of aromatic hydroxyl groups is 1. The molecule has 1 amide bonds. The average molecular weight is 396 g/mol. The van der Waals surface area contributed by atoms with Gasteiger partial charge in [0.05, 0.1) is 7.11 Å². The molecule has 2 N–H and O–H groups in total. The summed E-state index contributed by atoms with van der Waals surface area (Å²) in [6, 6.07) is 10.4. The number of carbonyl (C=O) groups is 1. The topological polar surface area (TPSA) is 89.3 Å². The number of rotatable bonds is 9. The van der Waals surface area contributed by atoms with Crippen molar-refractivity contribution in [1.82, 2.24) is 15.0 Å². The van der Waals surface area contributed by atoms with Crippen LogP contribution < -0.4 is 10.1 Å². The second-order valence-corrected chi connectivity index (χ2v) is 7.22. The van der Waals surface area contributed by atoms with Crippen molar-refractivity contribution in [2.75, 3.05) is 12.4 Å². The van der Waals surface area contributed by atoms with Gasteiger partial charge in [0.2, 0.25) is 5.91 Å². The highest BCUT2D eigenvalue weighted by atomic mass is 16.5. The third kappa shape index (κ3) is 5.04. The predicted octanol–water partition coefficient (Wildman–Crippen LogP) is 4.68. The van der Waals surface area contributed by atoms with Gasteiger partial charge < -0.3 is 15.2 Å². The van der Waals surface area contributed by atoms with Crippen molar-refractivity contribution in [3.63, 3.8) is 0 Å². The molecule has 1 atom stereocenters. The van der Waals surface area contributed by atoms with Crippen LogP contribution in [0, 0.1) is 5.92 Å². The van der Waals surface area contributed by atoms with Gasteiger partial charge in [0.1, 0.15) is 28.2 Å². The van der Waals surface area contributed by atoms with E-state index in [2.05, 4.69) is 29.4 Å². The second-order valence-electron chi connectivity index (χ2n) is 7.22. The SMILES string of the molecule is CCCCC(CC)CC(=O)Nc1ccc(-n2nc3ccc(OC)cc3n2)c(O)c1. The molecule has 3 rings (SSSR count). The molecule has 0 fully saturated rings. The van der Waals surface area contributed by atoms with E-state index in [9.17, 15) is 9.90 Å².